The largest absolute Gasteiger partial charge is 0.321 e. The van der Waals surface area contributed by atoms with Crippen LogP contribution in [0.15, 0.2) is 66.7 Å². The molecule has 1 N–H and O–H groups in total. The van der Waals surface area contributed by atoms with Gasteiger partial charge in [0.25, 0.3) is 5.91 Å². The summed E-state index contributed by atoms with van der Waals surface area (Å²) in [6.45, 7) is 8.15. The van der Waals surface area contributed by atoms with Gasteiger partial charge in [-0.05, 0) is 57.0 Å². The molecule has 1 aromatic heterocycles. The molecule has 0 bridgehead atoms. The highest BCUT2D eigenvalue weighted by atomic mass is 16.1. The Kier molecular flexibility index (Phi) is 4.89. The summed E-state index contributed by atoms with van der Waals surface area (Å²) in [6, 6.07) is 22.1. The number of carbonyl (C=O) groups excluding carboxylic acids is 1. The minimum absolute atomic E-state index is 0.116. The second-order valence-electron chi connectivity index (χ2n) is 7.67. The highest BCUT2D eigenvalue weighted by Crippen LogP contribution is 2.28. The number of aryl methyl sites for hydroxylation is 4. The second kappa shape index (κ2) is 7.51. The number of nitrogens with one attached hydrogen (secondary N) is 1. The maximum Gasteiger partial charge on any atom is 0.256 e. The van der Waals surface area contributed by atoms with Crippen LogP contribution in [0.3, 0.4) is 0 Å². The molecule has 0 aliphatic heterocycles. The first kappa shape index (κ1) is 18.9. The van der Waals surface area contributed by atoms with Gasteiger partial charge in [0.05, 0.1) is 16.8 Å². The molecule has 4 aromatic rings. The van der Waals surface area contributed by atoms with Gasteiger partial charge in [-0.3, -0.25) is 4.79 Å². The molecule has 0 spiro atoms. The zero-order chi connectivity index (χ0) is 20.5. The number of aromatic nitrogens is 1. The normalized spacial score (nSPS) is 10.9. The van der Waals surface area contributed by atoms with E-state index in [4.69, 9.17) is 4.98 Å². The molecule has 144 valence electrons. The Morgan fingerprint density at radius 1 is 0.793 bits per heavy atom. The number of hydrogen-bond donors (Lipinski definition) is 1. The summed E-state index contributed by atoms with van der Waals surface area (Å²) in [5, 5.41) is 4.01. The van der Waals surface area contributed by atoms with E-state index in [2.05, 4.69) is 24.4 Å². The summed E-state index contributed by atoms with van der Waals surface area (Å²) in [7, 11) is 0. The Morgan fingerprint density at radius 3 is 2.17 bits per heavy atom. The Morgan fingerprint density at radius 2 is 1.48 bits per heavy atom. The number of fused-ring (bicyclic) bond motifs is 1. The average molecular weight is 380 g/mol. The van der Waals surface area contributed by atoms with Gasteiger partial charge in [0, 0.05) is 16.6 Å². The Labute approximate surface area is 171 Å². The van der Waals surface area contributed by atoms with Gasteiger partial charge >= 0.3 is 0 Å². The molecule has 0 atom stereocenters. The van der Waals surface area contributed by atoms with Crippen molar-refractivity contribution in [1.82, 2.24) is 4.98 Å². The van der Waals surface area contributed by atoms with E-state index in [1.54, 1.807) is 0 Å². The predicted octanol–water partition coefficient (Wildman–Crippen LogP) is 6.39. The molecule has 0 saturated heterocycles. The van der Waals surface area contributed by atoms with Crippen LogP contribution in [0.5, 0.6) is 0 Å². The van der Waals surface area contributed by atoms with E-state index in [0.29, 0.717) is 5.56 Å². The van der Waals surface area contributed by atoms with Crippen molar-refractivity contribution in [2.75, 3.05) is 5.32 Å². The number of amides is 1. The first-order chi connectivity index (χ1) is 13.9. The van der Waals surface area contributed by atoms with Gasteiger partial charge in [-0.2, -0.15) is 0 Å². The van der Waals surface area contributed by atoms with E-state index in [1.807, 2.05) is 75.4 Å². The zero-order valence-corrected chi connectivity index (χ0v) is 17.2. The number of anilines is 1. The van der Waals surface area contributed by atoms with Crippen molar-refractivity contribution in [2.24, 2.45) is 0 Å². The van der Waals surface area contributed by atoms with E-state index in [9.17, 15) is 4.79 Å². The number of carbonyl (C=O) groups is 1. The van der Waals surface area contributed by atoms with Crippen molar-refractivity contribution >= 4 is 22.5 Å². The van der Waals surface area contributed by atoms with Gasteiger partial charge in [0.1, 0.15) is 0 Å². The molecule has 0 fully saturated rings. The highest BCUT2D eigenvalue weighted by molar-refractivity contribution is 6.13. The standard InChI is InChI=1S/C26H24N2O/c1-16-10-11-23-21(14-16)22(15-24(27-23)20-8-6-5-7-9-20)26(29)28-25-18(3)12-17(2)13-19(25)4/h5-15H,1-4H3,(H,28,29). The summed E-state index contributed by atoms with van der Waals surface area (Å²) >= 11 is 0. The lowest BCUT2D eigenvalue weighted by molar-refractivity contribution is 0.102. The minimum Gasteiger partial charge on any atom is -0.321 e. The molecule has 3 nitrogen and oxygen atoms in total. The van der Waals surface area contributed by atoms with Crippen LogP contribution < -0.4 is 5.32 Å². The highest BCUT2D eigenvalue weighted by Gasteiger charge is 2.16. The molecule has 0 saturated carbocycles. The Balaban J connectivity index is 1.85. The molecule has 29 heavy (non-hydrogen) atoms. The van der Waals surface area contributed by atoms with Gasteiger partial charge in [-0.15, -0.1) is 0 Å². The maximum atomic E-state index is 13.4. The molecule has 1 heterocycles. The van der Waals surface area contributed by atoms with Crippen molar-refractivity contribution in [3.63, 3.8) is 0 Å². The van der Waals surface area contributed by atoms with Gasteiger partial charge < -0.3 is 5.32 Å². The number of rotatable bonds is 3. The summed E-state index contributed by atoms with van der Waals surface area (Å²) in [5.41, 5.74) is 8.53. The lowest BCUT2D eigenvalue weighted by atomic mass is 10.0. The summed E-state index contributed by atoms with van der Waals surface area (Å²) < 4.78 is 0. The first-order valence-corrected chi connectivity index (χ1v) is 9.78. The summed E-state index contributed by atoms with van der Waals surface area (Å²) in [4.78, 5) is 18.2. The Bertz CT molecular complexity index is 1200. The number of hydrogen-bond acceptors (Lipinski definition) is 2. The molecule has 0 aliphatic carbocycles. The lowest BCUT2D eigenvalue weighted by Gasteiger charge is -2.15. The molecule has 3 aromatic carbocycles. The number of nitrogens with zero attached hydrogens (tertiary/aromatic N) is 1. The molecular weight excluding hydrogens is 356 g/mol. The molecule has 1 amide bonds. The van der Waals surface area contributed by atoms with Crippen molar-refractivity contribution in [2.45, 2.75) is 27.7 Å². The molecule has 0 radical (unpaired) electrons. The van der Waals surface area contributed by atoms with Gasteiger partial charge in [-0.25, -0.2) is 4.98 Å². The van der Waals surface area contributed by atoms with Crippen LogP contribution in [-0.4, -0.2) is 10.9 Å². The summed E-state index contributed by atoms with van der Waals surface area (Å²) in [5.74, 6) is -0.116. The van der Waals surface area contributed by atoms with Gasteiger partial charge in [0.15, 0.2) is 0 Å². The van der Waals surface area contributed by atoms with Gasteiger partial charge in [0.2, 0.25) is 0 Å². The van der Waals surface area contributed by atoms with E-state index in [1.165, 1.54) is 5.56 Å². The fourth-order valence-corrected chi connectivity index (χ4v) is 3.84. The van der Waals surface area contributed by atoms with Crippen molar-refractivity contribution in [3.05, 3.63) is 94.5 Å². The van der Waals surface area contributed by atoms with Crippen molar-refractivity contribution in [3.8, 4) is 11.3 Å². The maximum absolute atomic E-state index is 13.4. The monoisotopic (exact) mass is 380 g/mol. The number of benzene rings is 3. The van der Waals surface area contributed by atoms with E-state index in [0.717, 1.165) is 44.5 Å². The third-order valence-corrected chi connectivity index (χ3v) is 5.19. The average Bonchev–Trinajstić information content (AvgIpc) is 2.70. The van der Waals surface area contributed by atoms with Crippen LogP contribution >= 0.6 is 0 Å². The van der Waals surface area contributed by atoms with E-state index >= 15 is 0 Å². The smallest absolute Gasteiger partial charge is 0.256 e. The lowest BCUT2D eigenvalue weighted by Crippen LogP contribution is -2.15. The molecule has 3 heteroatoms. The Hall–Kier alpha value is -3.46. The van der Waals surface area contributed by atoms with Crippen LogP contribution in [0, 0.1) is 27.7 Å². The molecule has 0 unspecified atom stereocenters. The zero-order valence-electron chi connectivity index (χ0n) is 17.2. The predicted molar refractivity (Wildman–Crippen MR) is 121 cm³/mol. The SMILES string of the molecule is Cc1cc(C)c(NC(=O)c2cc(-c3ccccc3)nc3ccc(C)cc23)c(C)c1. The fraction of sp³-hybridized carbons (Fsp3) is 0.154. The van der Waals surface area contributed by atoms with Crippen molar-refractivity contribution < 1.29 is 4.79 Å². The van der Waals surface area contributed by atoms with Crippen LogP contribution in [0.25, 0.3) is 22.2 Å². The van der Waals surface area contributed by atoms with Crippen molar-refractivity contribution in [1.29, 1.82) is 0 Å². The van der Waals surface area contributed by atoms with Crippen LogP contribution in [0.1, 0.15) is 32.6 Å². The summed E-state index contributed by atoms with van der Waals surface area (Å²) in [6.07, 6.45) is 0. The van der Waals surface area contributed by atoms with E-state index in [-0.39, 0.29) is 5.91 Å². The fourth-order valence-electron chi connectivity index (χ4n) is 3.84. The van der Waals surface area contributed by atoms with Crippen LogP contribution in [0.4, 0.5) is 5.69 Å². The molecular formula is C26H24N2O. The van der Waals surface area contributed by atoms with Crippen LogP contribution in [-0.2, 0) is 0 Å². The quantitative estimate of drug-likeness (QED) is 0.447. The number of pyridine rings is 1. The van der Waals surface area contributed by atoms with Crippen LogP contribution in [0.2, 0.25) is 0 Å². The molecule has 0 aliphatic rings. The third kappa shape index (κ3) is 3.77. The third-order valence-electron chi connectivity index (χ3n) is 5.19. The minimum atomic E-state index is -0.116. The first-order valence-electron chi connectivity index (χ1n) is 9.78. The van der Waals surface area contributed by atoms with E-state index < -0.39 is 0 Å². The topological polar surface area (TPSA) is 42.0 Å². The molecule has 4 rings (SSSR count). The second-order valence-corrected chi connectivity index (χ2v) is 7.67. The van der Waals surface area contributed by atoms with Gasteiger partial charge in [-0.1, -0.05) is 59.7 Å².